The summed E-state index contributed by atoms with van der Waals surface area (Å²) in [5.74, 6) is -0.404. The van der Waals surface area contributed by atoms with Crippen LogP contribution in [0.15, 0.2) is 18.2 Å². The number of phenols is 1. The monoisotopic (exact) mass is 430 g/mol. The number of carbonyl (C=O) groups is 1. The van der Waals surface area contributed by atoms with Crippen LogP contribution in [0.1, 0.15) is 39.9 Å². The Morgan fingerprint density at radius 1 is 1.29 bits per heavy atom. The summed E-state index contributed by atoms with van der Waals surface area (Å²) in [5.41, 5.74) is 13.7. The van der Waals surface area contributed by atoms with Gasteiger partial charge in [-0.05, 0) is 51.3 Å². The van der Waals surface area contributed by atoms with E-state index in [1.54, 1.807) is 36.6 Å². The molecule has 3 aromatic rings. The van der Waals surface area contributed by atoms with Gasteiger partial charge in [0.1, 0.15) is 18.2 Å². The minimum atomic E-state index is -2.46. The molecule has 2 heterocycles. The van der Waals surface area contributed by atoms with E-state index in [0.29, 0.717) is 40.7 Å². The molecule has 1 aliphatic rings. The number of aromatic hydroxyl groups is 1. The first-order valence-corrected chi connectivity index (χ1v) is 9.89. The summed E-state index contributed by atoms with van der Waals surface area (Å²) < 4.78 is 33.8. The second-order valence-corrected chi connectivity index (χ2v) is 8.27. The van der Waals surface area contributed by atoms with E-state index in [1.807, 2.05) is 6.92 Å². The van der Waals surface area contributed by atoms with E-state index in [0.717, 1.165) is 5.56 Å². The second kappa shape index (κ2) is 7.11. The SMILES string of the molecule is Cc1cc2c(C(N)=O)c(N)n(-c3c(C)ccc(O)c3C)c2nc1OCC1(C(F)F)CC1. The average molecular weight is 430 g/mol. The van der Waals surface area contributed by atoms with Gasteiger partial charge in [-0.15, -0.1) is 0 Å². The van der Waals surface area contributed by atoms with Gasteiger partial charge in [-0.3, -0.25) is 9.36 Å². The fourth-order valence-corrected chi connectivity index (χ4v) is 3.90. The molecule has 5 N–H and O–H groups in total. The van der Waals surface area contributed by atoms with E-state index in [1.165, 1.54) is 0 Å². The molecule has 1 saturated carbocycles. The Morgan fingerprint density at radius 3 is 2.55 bits per heavy atom. The lowest BCUT2D eigenvalue weighted by Crippen LogP contribution is -2.22. The molecule has 4 rings (SSSR count). The number of pyridine rings is 1. The summed E-state index contributed by atoms with van der Waals surface area (Å²) >= 11 is 0. The van der Waals surface area contributed by atoms with Crippen LogP contribution < -0.4 is 16.2 Å². The molecule has 0 radical (unpaired) electrons. The maximum Gasteiger partial charge on any atom is 0.253 e. The highest BCUT2D eigenvalue weighted by atomic mass is 19.3. The van der Waals surface area contributed by atoms with Crippen LogP contribution in [-0.2, 0) is 0 Å². The van der Waals surface area contributed by atoms with E-state index in [2.05, 4.69) is 4.98 Å². The Morgan fingerprint density at radius 2 is 1.97 bits per heavy atom. The van der Waals surface area contributed by atoms with E-state index in [4.69, 9.17) is 16.2 Å². The van der Waals surface area contributed by atoms with Crippen LogP contribution >= 0.6 is 0 Å². The van der Waals surface area contributed by atoms with Crippen molar-refractivity contribution in [3.05, 3.63) is 40.5 Å². The van der Waals surface area contributed by atoms with Crippen LogP contribution in [0.4, 0.5) is 14.6 Å². The summed E-state index contributed by atoms with van der Waals surface area (Å²) in [6, 6.07) is 4.95. The van der Waals surface area contributed by atoms with E-state index in [9.17, 15) is 18.7 Å². The van der Waals surface area contributed by atoms with Crippen molar-refractivity contribution in [2.45, 2.75) is 40.0 Å². The third kappa shape index (κ3) is 3.24. The molecular formula is C22H24F2N4O3. The lowest BCUT2D eigenvalue weighted by molar-refractivity contribution is 0.0304. The number of rotatable bonds is 6. The van der Waals surface area contributed by atoms with Gasteiger partial charge in [0.2, 0.25) is 12.3 Å². The lowest BCUT2D eigenvalue weighted by atomic mass is 10.1. The normalized spacial score (nSPS) is 14.9. The van der Waals surface area contributed by atoms with Crippen molar-refractivity contribution in [3.8, 4) is 17.3 Å². The number of primary amides is 1. The number of benzene rings is 1. The van der Waals surface area contributed by atoms with Gasteiger partial charge in [0, 0.05) is 16.5 Å². The lowest BCUT2D eigenvalue weighted by Gasteiger charge is -2.17. The third-order valence-electron chi connectivity index (χ3n) is 6.05. The number of halogens is 2. The number of anilines is 1. The Kier molecular flexibility index (Phi) is 4.79. The maximum absolute atomic E-state index is 13.3. The maximum atomic E-state index is 13.3. The number of hydrogen-bond donors (Lipinski definition) is 3. The Labute approximate surface area is 177 Å². The second-order valence-electron chi connectivity index (χ2n) is 8.27. The van der Waals surface area contributed by atoms with Gasteiger partial charge in [0.05, 0.1) is 16.7 Å². The van der Waals surface area contributed by atoms with E-state index < -0.39 is 17.7 Å². The number of alkyl halides is 2. The number of hydrogen-bond acceptors (Lipinski definition) is 5. The molecule has 2 aromatic heterocycles. The molecule has 0 bridgehead atoms. The van der Waals surface area contributed by atoms with Gasteiger partial charge in [0.15, 0.2) is 5.65 Å². The number of nitrogen functional groups attached to an aromatic ring is 1. The fourth-order valence-electron chi connectivity index (χ4n) is 3.90. The van der Waals surface area contributed by atoms with Crippen molar-refractivity contribution < 1.29 is 23.4 Å². The Balaban J connectivity index is 1.93. The minimum Gasteiger partial charge on any atom is -0.508 e. The van der Waals surface area contributed by atoms with Gasteiger partial charge < -0.3 is 21.3 Å². The highest BCUT2D eigenvalue weighted by Gasteiger charge is 2.52. The zero-order chi connectivity index (χ0) is 22.7. The third-order valence-corrected chi connectivity index (χ3v) is 6.05. The van der Waals surface area contributed by atoms with Crippen molar-refractivity contribution >= 4 is 22.8 Å². The molecule has 0 unspecified atom stereocenters. The number of aromatic nitrogens is 2. The van der Waals surface area contributed by atoms with Gasteiger partial charge in [-0.2, -0.15) is 4.98 Å². The highest BCUT2D eigenvalue weighted by Crippen LogP contribution is 2.51. The number of fused-ring (bicyclic) bond motifs is 1. The minimum absolute atomic E-state index is 0.0543. The van der Waals surface area contributed by atoms with Gasteiger partial charge in [-0.25, -0.2) is 8.78 Å². The standard InChI is InChI=1S/C22H24F2N4O3/c1-10-4-5-14(29)12(3)16(10)28-17(25)15(18(26)30)13-8-11(2)20(27-19(13)28)31-9-22(6-7-22)21(23)24/h4-5,8,21,29H,6-7,9,25H2,1-3H3,(H2,26,30). The summed E-state index contributed by atoms with van der Waals surface area (Å²) in [6.07, 6.45) is -1.65. The molecule has 9 heteroatoms. The van der Waals surface area contributed by atoms with Crippen LogP contribution in [0.2, 0.25) is 0 Å². The summed E-state index contributed by atoms with van der Waals surface area (Å²) in [6.45, 7) is 5.12. The molecule has 1 aromatic carbocycles. The summed E-state index contributed by atoms with van der Waals surface area (Å²) in [4.78, 5) is 16.7. The van der Waals surface area contributed by atoms with Crippen molar-refractivity contribution in [2.75, 3.05) is 12.3 Å². The van der Waals surface area contributed by atoms with Crippen LogP contribution in [0.5, 0.6) is 11.6 Å². The number of aryl methyl sites for hydroxylation is 2. The Bertz CT molecular complexity index is 1220. The summed E-state index contributed by atoms with van der Waals surface area (Å²) in [5, 5.41) is 10.7. The van der Waals surface area contributed by atoms with Crippen LogP contribution in [0, 0.1) is 26.2 Å². The van der Waals surface area contributed by atoms with Gasteiger partial charge in [-0.1, -0.05) is 6.07 Å². The predicted octanol–water partition coefficient (Wildman–Crippen LogP) is 3.76. The van der Waals surface area contributed by atoms with Crippen LogP contribution in [0.3, 0.4) is 0 Å². The van der Waals surface area contributed by atoms with Crippen LogP contribution in [-0.4, -0.2) is 33.6 Å². The number of nitrogens with two attached hydrogens (primary N) is 2. The van der Waals surface area contributed by atoms with E-state index >= 15 is 0 Å². The molecule has 0 aliphatic heterocycles. The van der Waals surface area contributed by atoms with Crippen molar-refractivity contribution in [1.82, 2.24) is 9.55 Å². The molecule has 1 fully saturated rings. The molecule has 0 saturated heterocycles. The molecule has 7 nitrogen and oxygen atoms in total. The Hall–Kier alpha value is -3.36. The molecule has 0 spiro atoms. The largest absolute Gasteiger partial charge is 0.508 e. The van der Waals surface area contributed by atoms with Crippen molar-refractivity contribution in [3.63, 3.8) is 0 Å². The number of carbonyl (C=O) groups excluding carboxylic acids is 1. The fraction of sp³-hybridized carbons (Fsp3) is 0.364. The van der Waals surface area contributed by atoms with E-state index in [-0.39, 0.29) is 29.6 Å². The number of phenolic OH excluding ortho intramolecular Hbond substituents is 1. The van der Waals surface area contributed by atoms with Gasteiger partial charge >= 0.3 is 0 Å². The molecule has 0 atom stereocenters. The smallest absolute Gasteiger partial charge is 0.253 e. The van der Waals surface area contributed by atoms with Crippen molar-refractivity contribution in [2.24, 2.45) is 11.1 Å². The zero-order valence-corrected chi connectivity index (χ0v) is 17.5. The number of amides is 1. The molecule has 164 valence electrons. The molecule has 31 heavy (non-hydrogen) atoms. The molecule has 1 aliphatic carbocycles. The zero-order valence-electron chi connectivity index (χ0n) is 17.5. The number of nitrogens with zero attached hydrogens (tertiary/aromatic N) is 2. The number of ether oxygens (including phenoxy) is 1. The van der Waals surface area contributed by atoms with Gasteiger partial charge in [0.25, 0.3) is 5.91 Å². The topological polar surface area (TPSA) is 116 Å². The summed E-state index contributed by atoms with van der Waals surface area (Å²) in [7, 11) is 0. The molecular weight excluding hydrogens is 406 g/mol. The highest BCUT2D eigenvalue weighted by molar-refractivity contribution is 6.11. The van der Waals surface area contributed by atoms with Crippen molar-refractivity contribution in [1.29, 1.82) is 0 Å². The first kappa shape index (κ1) is 20.9. The quantitative estimate of drug-likeness (QED) is 0.551. The van der Waals surface area contributed by atoms with Crippen LogP contribution in [0.25, 0.3) is 16.7 Å². The average Bonchev–Trinajstić information content (AvgIpc) is 3.44. The molecule has 1 amide bonds. The first-order chi connectivity index (χ1) is 14.6. The first-order valence-electron chi connectivity index (χ1n) is 9.89. The predicted molar refractivity (Wildman–Crippen MR) is 113 cm³/mol.